The quantitative estimate of drug-likeness (QED) is 0.712. The fraction of sp³-hybridized carbons (Fsp3) is 0.500. The highest BCUT2D eigenvalue weighted by atomic mass is 16.3. The molecule has 2 heteroatoms. The molecule has 0 radical (unpaired) electrons. The van der Waals surface area contributed by atoms with Crippen LogP contribution in [0.5, 0.6) is 5.75 Å². The first-order chi connectivity index (χ1) is 8.72. The van der Waals surface area contributed by atoms with E-state index in [9.17, 15) is 10.2 Å². The van der Waals surface area contributed by atoms with Gasteiger partial charge in [-0.2, -0.15) is 0 Å². The van der Waals surface area contributed by atoms with Crippen LogP contribution in [0.4, 0.5) is 0 Å². The highest BCUT2D eigenvalue weighted by Crippen LogP contribution is 2.29. The van der Waals surface area contributed by atoms with Crippen molar-refractivity contribution in [2.75, 3.05) is 0 Å². The Morgan fingerprint density at radius 1 is 1.22 bits per heavy atom. The SMILES string of the molecule is CC/C=C\CC(CCC)c1ccc(O)c(CO)c1. The summed E-state index contributed by atoms with van der Waals surface area (Å²) in [7, 11) is 0. The number of rotatable bonds is 7. The van der Waals surface area contributed by atoms with Gasteiger partial charge in [0.2, 0.25) is 0 Å². The Morgan fingerprint density at radius 3 is 2.61 bits per heavy atom. The average Bonchev–Trinajstić information content (AvgIpc) is 2.39. The topological polar surface area (TPSA) is 40.5 Å². The summed E-state index contributed by atoms with van der Waals surface area (Å²) < 4.78 is 0. The zero-order valence-corrected chi connectivity index (χ0v) is 11.4. The lowest BCUT2D eigenvalue weighted by Gasteiger charge is -2.16. The van der Waals surface area contributed by atoms with Crippen molar-refractivity contribution in [3.05, 3.63) is 41.5 Å². The molecule has 100 valence electrons. The minimum Gasteiger partial charge on any atom is -0.508 e. The summed E-state index contributed by atoms with van der Waals surface area (Å²) in [4.78, 5) is 0. The number of hydrogen-bond acceptors (Lipinski definition) is 2. The highest BCUT2D eigenvalue weighted by molar-refractivity contribution is 5.37. The molecule has 0 amide bonds. The molecule has 0 fully saturated rings. The van der Waals surface area contributed by atoms with Crippen molar-refractivity contribution >= 4 is 0 Å². The van der Waals surface area contributed by atoms with Crippen molar-refractivity contribution in [1.82, 2.24) is 0 Å². The van der Waals surface area contributed by atoms with E-state index in [-0.39, 0.29) is 12.4 Å². The lowest BCUT2D eigenvalue weighted by molar-refractivity contribution is 0.275. The van der Waals surface area contributed by atoms with Crippen molar-refractivity contribution in [2.24, 2.45) is 0 Å². The number of aliphatic hydroxyl groups excluding tert-OH is 1. The molecule has 0 spiro atoms. The van der Waals surface area contributed by atoms with E-state index >= 15 is 0 Å². The summed E-state index contributed by atoms with van der Waals surface area (Å²) in [5.41, 5.74) is 1.83. The third-order valence-corrected chi connectivity index (χ3v) is 3.21. The number of aliphatic hydroxyl groups is 1. The first-order valence-electron chi connectivity index (χ1n) is 6.80. The third-order valence-electron chi connectivity index (χ3n) is 3.21. The molecule has 18 heavy (non-hydrogen) atoms. The number of aromatic hydroxyl groups is 1. The second kappa shape index (κ2) is 7.93. The highest BCUT2D eigenvalue weighted by Gasteiger charge is 2.11. The Balaban J connectivity index is 2.87. The molecule has 0 heterocycles. The molecular formula is C16H24O2. The monoisotopic (exact) mass is 248 g/mol. The largest absolute Gasteiger partial charge is 0.508 e. The minimum atomic E-state index is -0.108. The minimum absolute atomic E-state index is 0.108. The van der Waals surface area contributed by atoms with E-state index in [1.54, 1.807) is 6.07 Å². The first kappa shape index (κ1) is 14.8. The molecule has 1 aromatic rings. The number of hydrogen-bond donors (Lipinski definition) is 2. The molecule has 2 N–H and O–H groups in total. The summed E-state index contributed by atoms with van der Waals surface area (Å²) in [6.07, 6.45) is 8.78. The molecule has 0 aliphatic carbocycles. The van der Waals surface area contributed by atoms with Crippen LogP contribution in [-0.2, 0) is 6.61 Å². The van der Waals surface area contributed by atoms with Crippen molar-refractivity contribution in [3.8, 4) is 5.75 Å². The van der Waals surface area contributed by atoms with E-state index in [0.29, 0.717) is 11.5 Å². The van der Waals surface area contributed by atoms with Crippen molar-refractivity contribution in [1.29, 1.82) is 0 Å². The smallest absolute Gasteiger partial charge is 0.121 e. The lowest BCUT2D eigenvalue weighted by Crippen LogP contribution is -1.99. The fourth-order valence-corrected chi connectivity index (χ4v) is 2.18. The molecule has 1 rings (SSSR count). The van der Waals surface area contributed by atoms with Gasteiger partial charge in [-0.1, -0.05) is 38.5 Å². The molecule has 0 bridgehead atoms. The van der Waals surface area contributed by atoms with Crippen LogP contribution in [0.15, 0.2) is 30.4 Å². The van der Waals surface area contributed by atoms with Gasteiger partial charge in [-0.25, -0.2) is 0 Å². The maximum Gasteiger partial charge on any atom is 0.121 e. The molecule has 0 aliphatic heterocycles. The van der Waals surface area contributed by atoms with Gasteiger partial charge in [0.05, 0.1) is 6.61 Å². The molecular weight excluding hydrogens is 224 g/mol. The molecule has 2 nitrogen and oxygen atoms in total. The van der Waals surface area contributed by atoms with E-state index in [0.717, 1.165) is 25.7 Å². The Kier molecular flexibility index (Phi) is 6.51. The maximum absolute atomic E-state index is 9.59. The predicted molar refractivity (Wildman–Crippen MR) is 75.7 cm³/mol. The second-order valence-electron chi connectivity index (χ2n) is 4.65. The van der Waals surface area contributed by atoms with Gasteiger partial charge in [-0.05, 0) is 42.9 Å². The predicted octanol–water partition coefficient (Wildman–Crippen LogP) is 4.12. The molecule has 1 unspecified atom stereocenters. The van der Waals surface area contributed by atoms with Gasteiger partial charge >= 0.3 is 0 Å². The van der Waals surface area contributed by atoms with Crippen LogP contribution in [0.1, 0.15) is 56.6 Å². The van der Waals surface area contributed by atoms with Crippen LogP contribution in [0.2, 0.25) is 0 Å². The van der Waals surface area contributed by atoms with Gasteiger partial charge in [0.25, 0.3) is 0 Å². The fourth-order valence-electron chi connectivity index (χ4n) is 2.18. The van der Waals surface area contributed by atoms with Gasteiger partial charge in [0, 0.05) is 5.56 Å². The summed E-state index contributed by atoms with van der Waals surface area (Å²) in [6, 6.07) is 5.58. The summed E-state index contributed by atoms with van der Waals surface area (Å²) in [5.74, 6) is 0.657. The third kappa shape index (κ3) is 4.19. The van der Waals surface area contributed by atoms with Gasteiger partial charge in [-0.3, -0.25) is 0 Å². The maximum atomic E-state index is 9.59. The van der Waals surface area contributed by atoms with Gasteiger partial charge in [-0.15, -0.1) is 0 Å². The first-order valence-corrected chi connectivity index (χ1v) is 6.80. The Morgan fingerprint density at radius 2 is 2.00 bits per heavy atom. The Bertz CT molecular complexity index is 383. The van der Waals surface area contributed by atoms with Crippen LogP contribution in [0.25, 0.3) is 0 Å². The molecule has 0 saturated heterocycles. The molecule has 1 aromatic carbocycles. The van der Waals surface area contributed by atoms with Crippen molar-refractivity contribution < 1.29 is 10.2 Å². The summed E-state index contributed by atoms with van der Waals surface area (Å²) >= 11 is 0. The van der Waals surface area contributed by atoms with E-state index in [1.165, 1.54) is 5.56 Å². The average molecular weight is 248 g/mol. The number of benzene rings is 1. The van der Waals surface area contributed by atoms with Crippen molar-refractivity contribution in [3.63, 3.8) is 0 Å². The molecule has 0 saturated carbocycles. The molecule has 0 aromatic heterocycles. The Hall–Kier alpha value is -1.28. The van der Waals surface area contributed by atoms with E-state index < -0.39 is 0 Å². The molecule has 1 atom stereocenters. The molecule has 0 aliphatic rings. The van der Waals surface area contributed by atoms with E-state index in [1.807, 2.05) is 12.1 Å². The zero-order chi connectivity index (χ0) is 13.4. The summed E-state index contributed by atoms with van der Waals surface area (Å²) in [5, 5.41) is 18.8. The number of allylic oxidation sites excluding steroid dienone is 2. The van der Waals surface area contributed by atoms with Crippen LogP contribution >= 0.6 is 0 Å². The normalized spacial score (nSPS) is 13.1. The van der Waals surface area contributed by atoms with E-state index in [4.69, 9.17) is 0 Å². The standard InChI is InChI=1S/C16H24O2/c1-3-5-6-8-13(7-4-2)14-9-10-16(18)15(11-14)12-17/h5-6,9-11,13,17-18H,3-4,7-8,12H2,1-2H3/b6-5-. The second-order valence-corrected chi connectivity index (χ2v) is 4.65. The van der Waals surface area contributed by atoms with Crippen LogP contribution in [-0.4, -0.2) is 10.2 Å². The van der Waals surface area contributed by atoms with E-state index in [2.05, 4.69) is 26.0 Å². The lowest BCUT2D eigenvalue weighted by atomic mass is 9.90. The van der Waals surface area contributed by atoms with Crippen LogP contribution in [0.3, 0.4) is 0 Å². The number of phenols is 1. The van der Waals surface area contributed by atoms with Gasteiger partial charge in [0.15, 0.2) is 0 Å². The van der Waals surface area contributed by atoms with Crippen molar-refractivity contribution in [2.45, 2.75) is 52.1 Å². The van der Waals surface area contributed by atoms with Crippen LogP contribution in [0, 0.1) is 0 Å². The van der Waals surface area contributed by atoms with Crippen LogP contribution < -0.4 is 0 Å². The zero-order valence-electron chi connectivity index (χ0n) is 11.4. The van der Waals surface area contributed by atoms with Gasteiger partial charge in [0.1, 0.15) is 5.75 Å². The van der Waals surface area contributed by atoms with Gasteiger partial charge < -0.3 is 10.2 Å². The summed E-state index contributed by atoms with van der Waals surface area (Å²) in [6.45, 7) is 4.21. The Labute approximate surface area is 110 Å².